The molecule has 5 heteroatoms. The summed E-state index contributed by atoms with van der Waals surface area (Å²) in [5.74, 6) is 0.216. The predicted molar refractivity (Wildman–Crippen MR) is 74.1 cm³/mol. The maximum atomic E-state index is 12.0. The van der Waals surface area contributed by atoms with E-state index in [9.17, 15) is 9.59 Å². The molecule has 0 spiro atoms. The molecule has 104 valence electrons. The largest absolute Gasteiger partial charge is 0.494 e. The highest BCUT2D eigenvalue weighted by Gasteiger charge is 2.15. The Balaban J connectivity index is 2.02. The van der Waals surface area contributed by atoms with E-state index in [1.807, 2.05) is 6.92 Å². The fourth-order valence-electron chi connectivity index (χ4n) is 1.81. The van der Waals surface area contributed by atoms with Crippen LogP contribution in [-0.2, 0) is 7.05 Å². The zero-order valence-corrected chi connectivity index (χ0v) is 11.5. The Morgan fingerprint density at radius 1 is 1.15 bits per heavy atom. The molecule has 5 nitrogen and oxygen atoms in total. The lowest BCUT2D eigenvalue weighted by Gasteiger charge is -2.04. The smallest absolute Gasteiger partial charge is 0.190 e. The van der Waals surface area contributed by atoms with Gasteiger partial charge < -0.3 is 4.74 Å². The molecule has 0 N–H and O–H groups in total. The van der Waals surface area contributed by atoms with Crippen LogP contribution >= 0.6 is 0 Å². The Bertz CT molecular complexity index is 614. The summed E-state index contributed by atoms with van der Waals surface area (Å²) in [4.78, 5) is 23.9. The number of benzene rings is 1. The third-order valence-corrected chi connectivity index (χ3v) is 2.81. The number of carbonyl (C=O) groups excluding carboxylic acids is 2. The van der Waals surface area contributed by atoms with Gasteiger partial charge in [0, 0.05) is 18.8 Å². The number of aryl methyl sites for hydroxylation is 1. The third kappa shape index (κ3) is 3.32. The highest BCUT2D eigenvalue weighted by molar-refractivity contribution is 6.12. The maximum Gasteiger partial charge on any atom is 0.190 e. The van der Waals surface area contributed by atoms with Crippen molar-refractivity contribution < 1.29 is 14.3 Å². The van der Waals surface area contributed by atoms with Gasteiger partial charge in [0.05, 0.1) is 13.0 Å². The van der Waals surface area contributed by atoms with Crippen LogP contribution in [0.3, 0.4) is 0 Å². The SMILES string of the molecule is CCOc1ccc(C(=O)CC(=O)c2ccn(C)n2)cc1. The van der Waals surface area contributed by atoms with E-state index in [4.69, 9.17) is 4.74 Å². The van der Waals surface area contributed by atoms with Gasteiger partial charge in [0.1, 0.15) is 11.4 Å². The topological polar surface area (TPSA) is 61.2 Å². The van der Waals surface area contributed by atoms with Gasteiger partial charge in [0.15, 0.2) is 11.6 Å². The molecule has 0 fully saturated rings. The second-order valence-electron chi connectivity index (χ2n) is 4.36. The fraction of sp³-hybridized carbons (Fsp3) is 0.267. The van der Waals surface area contributed by atoms with Crippen LogP contribution in [0.25, 0.3) is 0 Å². The fourth-order valence-corrected chi connectivity index (χ4v) is 1.81. The van der Waals surface area contributed by atoms with Crippen molar-refractivity contribution in [3.63, 3.8) is 0 Å². The summed E-state index contributed by atoms with van der Waals surface area (Å²) in [6, 6.07) is 8.38. The van der Waals surface area contributed by atoms with Crippen LogP contribution in [-0.4, -0.2) is 28.0 Å². The molecule has 0 amide bonds. The van der Waals surface area contributed by atoms with Crippen LogP contribution in [0.1, 0.15) is 34.2 Å². The maximum absolute atomic E-state index is 12.0. The van der Waals surface area contributed by atoms with Gasteiger partial charge >= 0.3 is 0 Å². The van der Waals surface area contributed by atoms with Gasteiger partial charge in [0.25, 0.3) is 0 Å². The Labute approximate surface area is 117 Å². The first-order valence-electron chi connectivity index (χ1n) is 6.39. The van der Waals surface area contributed by atoms with Gasteiger partial charge in [-0.1, -0.05) is 0 Å². The van der Waals surface area contributed by atoms with E-state index < -0.39 is 0 Å². The standard InChI is InChI=1S/C15H16N2O3/c1-3-20-12-6-4-11(5-7-12)14(18)10-15(19)13-8-9-17(2)16-13/h4-9H,3,10H2,1-2H3. The summed E-state index contributed by atoms with van der Waals surface area (Å²) in [6.45, 7) is 2.47. The van der Waals surface area contributed by atoms with E-state index in [1.165, 1.54) is 4.68 Å². The molecular formula is C15H16N2O3. The Morgan fingerprint density at radius 2 is 1.85 bits per heavy atom. The quantitative estimate of drug-likeness (QED) is 0.598. The van der Waals surface area contributed by atoms with Crippen LogP contribution in [0, 0.1) is 0 Å². The Morgan fingerprint density at radius 3 is 2.40 bits per heavy atom. The van der Waals surface area contributed by atoms with E-state index in [1.54, 1.807) is 43.6 Å². The van der Waals surface area contributed by atoms with Crippen LogP contribution in [0.15, 0.2) is 36.5 Å². The minimum atomic E-state index is -0.274. The Kier molecular flexibility index (Phi) is 4.30. The van der Waals surface area contributed by atoms with Crippen LogP contribution in [0.2, 0.25) is 0 Å². The first-order chi connectivity index (χ1) is 9.60. The minimum absolute atomic E-state index is 0.176. The van der Waals surface area contributed by atoms with Gasteiger partial charge in [-0.25, -0.2) is 0 Å². The molecule has 0 radical (unpaired) electrons. The molecular weight excluding hydrogens is 256 g/mol. The number of Topliss-reactive ketones (excluding diaryl/α,β-unsaturated/α-hetero) is 2. The lowest BCUT2D eigenvalue weighted by molar-refractivity contribution is 0.0891. The molecule has 0 saturated heterocycles. The lowest BCUT2D eigenvalue weighted by atomic mass is 10.0. The van der Waals surface area contributed by atoms with Crippen molar-refractivity contribution in [2.24, 2.45) is 7.05 Å². The van der Waals surface area contributed by atoms with Crippen LogP contribution in [0.5, 0.6) is 5.75 Å². The molecule has 2 aromatic rings. The molecule has 1 heterocycles. The van der Waals surface area contributed by atoms with Crippen molar-refractivity contribution in [3.8, 4) is 5.75 Å². The number of hydrogen-bond donors (Lipinski definition) is 0. The molecule has 20 heavy (non-hydrogen) atoms. The lowest BCUT2D eigenvalue weighted by Crippen LogP contribution is -2.09. The number of nitrogens with zero attached hydrogens (tertiary/aromatic N) is 2. The first kappa shape index (κ1) is 14.0. The highest BCUT2D eigenvalue weighted by Crippen LogP contribution is 2.14. The molecule has 0 aliphatic heterocycles. The first-order valence-corrected chi connectivity index (χ1v) is 6.39. The minimum Gasteiger partial charge on any atom is -0.494 e. The zero-order valence-electron chi connectivity index (χ0n) is 11.5. The van der Waals surface area contributed by atoms with Gasteiger partial charge in [-0.2, -0.15) is 5.10 Å². The summed E-state index contributed by atoms with van der Waals surface area (Å²) >= 11 is 0. The third-order valence-electron chi connectivity index (χ3n) is 2.81. The van der Waals surface area contributed by atoms with E-state index in [2.05, 4.69) is 5.10 Å². The summed E-state index contributed by atoms with van der Waals surface area (Å²) < 4.78 is 6.84. The monoisotopic (exact) mass is 272 g/mol. The second-order valence-corrected chi connectivity index (χ2v) is 4.36. The highest BCUT2D eigenvalue weighted by atomic mass is 16.5. The molecule has 0 unspecified atom stereocenters. The zero-order chi connectivity index (χ0) is 14.5. The van der Waals surface area contributed by atoms with E-state index in [0.717, 1.165) is 0 Å². The number of ketones is 2. The van der Waals surface area contributed by atoms with Crippen molar-refractivity contribution in [1.29, 1.82) is 0 Å². The van der Waals surface area contributed by atoms with Gasteiger partial charge in [-0.3, -0.25) is 14.3 Å². The van der Waals surface area contributed by atoms with Crippen molar-refractivity contribution in [1.82, 2.24) is 9.78 Å². The number of ether oxygens (including phenoxy) is 1. The Hall–Kier alpha value is -2.43. The van der Waals surface area contributed by atoms with Gasteiger partial charge in [-0.05, 0) is 37.3 Å². The molecule has 0 saturated carbocycles. The van der Waals surface area contributed by atoms with Gasteiger partial charge in [0.2, 0.25) is 0 Å². The number of aromatic nitrogens is 2. The molecule has 0 aliphatic carbocycles. The number of hydrogen-bond acceptors (Lipinski definition) is 4. The molecule has 1 aromatic carbocycles. The van der Waals surface area contributed by atoms with Crippen molar-refractivity contribution in [2.75, 3.05) is 6.61 Å². The predicted octanol–water partition coefficient (Wildman–Crippen LogP) is 2.27. The summed E-state index contributed by atoms with van der Waals surface area (Å²) in [5.41, 5.74) is 0.810. The number of carbonyl (C=O) groups is 2. The van der Waals surface area contributed by atoms with E-state index in [-0.39, 0.29) is 18.0 Å². The summed E-state index contributed by atoms with van der Waals surface area (Å²) in [6.07, 6.45) is 1.50. The average Bonchev–Trinajstić information content (AvgIpc) is 2.86. The molecule has 0 aliphatic rings. The normalized spacial score (nSPS) is 10.3. The van der Waals surface area contributed by atoms with Crippen LogP contribution in [0.4, 0.5) is 0 Å². The van der Waals surface area contributed by atoms with Crippen molar-refractivity contribution >= 4 is 11.6 Å². The molecule has 2 rings (SSSR count). The average molecular weight is 272 g/mol. The van der Waals surface area contributed by atoms with E-state index in [0.29, 0.717) is 23.6 Å². The summed E-state index contributed by atoms with van der Waals surface area (Å²) in [5, 5.41) is 3.99. The van der Waals surface area contributed by atoms with Crippen LogP contribution < -0.4 is 4.74 Å². The molecule has 0 bridgehead atoms. The van der Waals surface area contributed by atoms with Gasteiger partial charge in [-0.15, -0.1) is 0 Å². The summed E-state index contributed by atoms with van der Waals surface area (Å²) in [7, 11) is 1.73. The second kappa shape index (κ2) is 6.14. The number of rotatable bonds is 6. The molecule has 1 aromatic heterocycles. The van der Waals surface area contributed by atoms with Crippen molar-refractivity contribution in [2.45, 2.75) is 13.3 Å². The molecule has 0 atom stereocenters. The van der Waals surface area contributed by atoms with E-state index >= 15 is 0 Å². The van der Waals surface area contributed by atoms with Crippen molar-refractivity contribution in [3.05, 3.63) is 47.8 Å².